The Morgan fingerprint density at radius 2 is 1.58 bits per heavy atom. The fraction of sp³-hybridized carbons (Fsp3) is 0.375. The maximum Gasteiger partial charge on any atom is 0.340 e. The van der Waals surface area contributed by atoms with E-state index in [9.17, 15) is 14.4 Å². The average Bonchev–Trinajstić information content (AvgIpc) is 2.82. The largest absolute Gasteiger partial charge is 0.493 e. The third kappa shape index (κ3) is 6.45. The van der Waals surface area contributed by atoms with E-state index >= 15 is 0 Å². The first kappa shape index (κ1) is 24.1. The third-order valence-corrected chi connectivity index (χ3v) is 5.36. The van der Waals surface area contributed by atoms with Crippen LogP contribution in [0.2, 0.25) is 0 Å². The molecule has 0 atom stereocenters. The predicted octanol–water partition coefficient (Wildman–Crippen LogP) is 2.16. The summed E-state index contributed by atoms with van der Waals surface area (Å²) < 4.78 is 15.7. The summed E-state index contributed by atoms with van der Waals surface area (Å²) in [6.45, 7) is 4.41. The highest BCUT2D eigenvalue weighted by Crippen LogP contribution is 2.33. The molecule has 2 aromatic carbocycles. The molecule has 3 rings (SSSR count). The van der Waals surface area contributed by atoms with Crippen LogP contribution in [-0.2, 0) is 20.9 Å². The van der Waals surface area contributed by atoms with Crippen LogP contribution in [0.3, 0.4) is 0 Å². The van der Waals surface area contributed by atoms with Crippen LogP contribution < -0.4 is 14.8 Å². The highest BCUT2D eigenvalue weighted by molar-refractivity contribution is 6.02. The summed E-state index contributed by atoms with van der Waals surface area (Å²) in [7, 11) is 2.89. The van der Waals surface area contributed by atoms with E-state index in [2.05, 4.69) is 22.3 Å². The van der Waals surface area contributed by atoms with E-state index in [4.69, 9.17) is 14.2 Å². The smallest absolute Gasteiger partial charge is 0.340 e. The van der Waals surface area contributed by atoms with Crippen molar-refractivity contribution in [3.63, 3.8) is 0 Å². The van der Waals surface area contributed by atoms with Crippen LogP contribution in [0.4, 0.5) is 5.69 Å². The molecule has 2 aromatic rings. The molecular formula is C24H29N3O6. The lowest BCUT2D eigenvalue weighted by molar-refractivity contribution is -0.136. The number of nitrogens with zero attached hydrogens (tertiary/aromatic N) is 2. The molecule has 2 amide bonds. The first-order valence-corrected chi connectivity index (χ1v) is 10.7. The number of hydrogen-bond acceptors (Lipinski definition) is 7. The zero-order valence-corrected chi connectivity index (χ0v) is 19.1. The number of hydrogen-bond donors (Lipinski definition) is 1. The van der Waals surface area contributed by atoms with Gasteiger partial charge in [-0.3, -0.25) is 14.5 Å². The van der Waals surface area contributed by atoms with Crippen molar-refractivity contribution in [2.24, 2.45) is 0 Å². The van der Waals surface area contributed by atoms with Crippen molar-refractivity contribution in [2.75, 3.05) is 52.3 Å². The van der Waals surface area contributed by atoms with Gasteiger partial charge in [0.1, 0.15) is 0 Å². The minimum absolute atomic E-state index is 0.0725. The van der Waals surface area contributed by atoms with Crippen LogP contribution in [-0.4, -0.2) is 74.6 Å². The topological polar surface area (TPSA) is 97.4 Å². The second-order valence-corrected chi connectivity index (χ2v) is 7.65. The number of carbonyl (C=O) groups is 3. The molecule has 176 valence electrons. The Balaban J connectivity index is 1.57. The molecule has 1 heterocycles. The van der Waals surface area contributed by atoms with E-state index in [1.165, 1.54) is 38.8 Å². The van der Waals surface area contributed by atoms with Gasteiger partial charge in [-0.25, -0.2) is 4.79 Å². The zero-order chi connectivity index (χ0) is 23.8. The van der Waals surface area contributed by atoms with Crippen LogP contribution in [0, 0.1) is 0 Å². The lowest BCUT2D eigenvalue weighted by Gasteiger charge is -2.34. The number of rotatable bonds is 8. The summed E-state index contributed by atoms with van der Waals surface area (Å²) in [6.07, 6.45) is 0. The monoisotopic (exact) mass is 455 g/mol. The molecule has 1 fully saturated rings. The summed E-state index contributed by atoms with van der Waals surface area (Å²) in [4.78, 5) is 40.8. The quantitative estimate of drug-likeness (QED) is 0.609. The summed E-state index contributed by atoms with van der Waals surface area (Å²) in [5.41, 5.74) is 1.52. The molecule has 1 N–H and O–H groups in total. The van der Waals surface area contributed by atoms with Gasteiger partial charge in [0, 0.05) is 51.8 Å². The van der Waals surface area contributed by atoms with E-state index in [-0.39, 0.29) is 29.7 Å². The first-order valence-electron chi connectivity index (χ1n) is 10.7. The van der Waals surface area contributed by atoms with Crippen molar-refractivity contribution in [1.29, 1.82) is 0 Å². The molecule has 0 bridgehead atoms. The van der Waals surface area contributed by atoms with Crippen molar-refractivity contribution < 1.29 is 28.6 Å². The molecule has 0 saturated carbocycles. The number of esters is 1. The van der Waals surface area contributed by atoms with Crippen molar-refractivity contribution in [3.05, 3.63) is 53.6 Å². The number of methoxy groups -OCH3 is 2. The second-order valence-electron chi connectivity index (χ2n) is 7.65. The molecule has 1 aliphatic heterocycles. The van der Waals surface area contributed by atoms with Crippen molar-refractivity contribution in [1.82, 2.24) is 9.80 Å². The Morgan fingerprint density at radius 1 is 0.939 bits per heavy atom. The molecule has 9 nitrogen and oxygen atoms in total. The Bertz CT molecular complexity index is 987. The zero-order valence-electron chi connectivity index (χ0n) is 19.1. The molecule has 1 saturated heterocycles. The maximum atomic E-state index is 12.7. The van der Waals surface area contributed by atoms with Crippen molar-refractivity contribution >= 4 is 23.5 Å². The molecule has 0 aliphatic carbocycles. The molecule has 1 aliphatic rings. The first-order chi connectivity index (χ1) is 15.9. The molecular weight excluding hydrogens is 426 g/mol. The minimum atomic E-state index is -0.740. The number of ether oxygens (including phenoxy) is 3. The van der Waals surface area contributed by atoms with E-state index in [0.717, 1.165) is 19.6 Å². The van der Waals surface area contributed by atoms with Gasteiger partial charge >= 0.3 is 5.97 Å². The summed E-state index contributed by atoms with van der Waals surface area (Å²) >= 11 is 0. The SMILES string of the molecule is COc1cc(NC(C)=O)c(C(=O)OCC(=O)N2CCN(Cc3ccccc3)CC2)cc1OC. The van der Waals surface area contributed by atoms with Crippen LogP contribution in [0.1, 0.15) is 22.8 Å². The Labute approximate surface area is 193 Å². The fourth-order valence-corrected chi connectivity index (χ4v) is 3.63. The summed E-state index contributed by atoms with van der Waals surface area (Å²) in [6, 6.07) is 13.1. The van der Waals surface area contributed by atoms with Gasteiger partial charge in [0.15, 0.2) is 18.1 Å². The lowest BCUT2D eigenvalue weighted by Crippen LogP contribution is -2.49. The average molecular weight is 456 g/mol. The second kappa shape index (κ2) is 11.3. The third-order valence-electron chi connectivity index (χ3n) is 5.36. The summed E-state index contributed by atoms with van der Waals surface area (Å²) in [5, 5.41) is 2.58. The number of amides is 2. The van der Waals surface area contributed by atoms with Crippen molar-refractivity contribution in [3.8, 4) is 11.5 Å². The highest BCUT2D eigenvalue weighted by Gasteiger charge is 2.24. The van der Waals surface area contributed by atoms with Gasteiger partial charge in [-0.1, -0.05) is 30.3 Å². The Kier molecular flexibility index (Phi) is 8.26. The highest BCUT2D eigenvalue weighted by atomic mass is 16.5. The molecule has 0 radical (unpaired) electrons. The molecule has 0 aromatic heterocycles. The fourth-order valence-electron chi connectivity index (χ4n) is 3.63. The molecule has 0 unspecified atom stereocenters. The number of anilines is 1. The Hall–Kier alpha value is -3.59. The van der Waals surface area contributed by atoms with Crippen molar-refractivity contribution in [2.45, 2.75) is 13.5 Å². The van der Waals surface area contributed by atoms with Crippen LogP contribution in [0.25, 0.3) is 0 Å². The van der Waals surface area contributed by atoms with Crippen LogP contribution in [0.5, 0.6) is 11.5 Å². The number of nitrogens with one attached hydrogen (secondary N) is 1. The maximum absolute atomic E-state index is 12.7. The normalized spacial score (nSPS) is 13.8. The van der Waals surface area contributed by atoms with Gasteiger partial charge in [0.05, 0.1) is 25.5 Å². The number of carbonyl (C=O) groups excluding carboxylic acids is 3. The molecule has 33 heavy (non-hydrogen) atoms. The van der Waals surface area contributed by atoms with Gasteiger partial charge in [0.2, 0.25) is 5.91 Å². The van der Waals surface area contributed by atoms with Crippen LogP contribution in [0.15, 0.2) is 42.5 Å². The van der Waals surface area contributed by atoms with Gasteiger partial charge < -0.3 is 24.4 Å². The van der Waals surface area contributed by atoms with Gasteiger partial charge in [-0.2, -0.15) is 0 Å². The Morgan fingerprint density at radius 3 is 2.18 bits per heavy atom. The predicted molar refractivity (Wildman–Crippen MR) is 122 cm³/mol. The van der Waals surface area contributed by atoms with Gasteiger partial charge in [0.25, 0.3) is 5.91 Å². The number of piperazine rings is 1. The molecule has 9 heteroatoms. The lowest BCUT2D eigenvalue weighted by atomic mass is 10.1. The number of benzene rings is 2. The van der Waals surface area contributed by atoms with E-state index in [0.29, 0.717) is 24.6 Å². The van der Waals surface area contributed by atoms with E-state index in [1.54, 1.807) is 4.90 Å². The van der Waals surface area contributed by atoms with E-state index in [1.807, 2.05) is 18.2 Å². The van der Waals surface area contributed by atoms with Gasteiger partial charge in [-0.15, -0.1) is 0 Å². The standard InChI is InChI=1S/C24H29N3O6/c1-17(28)25-20-14-22(32-3)21(31-2)13-19(20)24(30)33-16-23(29)27-11-9-26(10-12-27)15-18-7-5-4-6-8-18/h4-8,13-14H,9-12,15-16H2,1-3H3,(H,25,28). The van der Waals surface area contributed by atoms with Crippen LogP contribution >= 0.6 is 0 Å². The minimum Gasteiger partial charge on any atom is -0.493 e. The van der Waals surface area contributed by atoms with Gasteiger partial charge in [-0.05, 0) is 5.56 Å². The van der Waals surface area contributed by atoms with E-state index < -0.39 is 5.97 Å². The molecule has 0 spiro atoms. The summed E-state index contributed by atoms with van der Waals surface area (Å²) in [5.74, 6) is -0.706.